The van der Waals surface area contributed by atoms with E-state index in [2.05, 4.69) is 17.2 Å². The summed E-state index contributed by atoms with van der Waals surface area (Å²) in [5.41, 5.74) is 0.226. The quantitative estimate of drug-likeness (QED) is 0.555. The van der Waals surface area contributed by atoms with Crippen LogP contribution < -0.4 is 10.6 Å². The van der Waals surface area contributed by atoms with Gasteiger partial charge in [-0.15, -0.1) is 0 Å². The third-order valence-electron chi connectivity index (χ3n) is 2.84. The van der Waals surface area contributed by atoms with E-state index in [1.54, 1.807) is 6.92 Å². The molecule has 1 atom stereocenters. The van der Waals surface area contributed by atoms with Crippen molar-refractivity contribution in [2.45, 2.75) is 6.92 Å². The van der Waals surface area contributed by atoms with Gasteiger partial charge in [-0.25, -0.2) is 0 Å². The third kappa shape index (κ3) is 5.78. The van der Waals surface area contributed by atoms with Crippen LogP contribution in [-0.4, -0.2) is 55.3 Å². The number of amides is 3. The lowest BCUT2D eigenvalue weighted by Gasteiger charge is -2.14. The fraction of sp³-hybridized carbons (Fsp3) is 0.429. The molecule has 120 valence electrons. The van der Waals surface area contributed by atoms with Gasteiger partial charge >= 0.3 is 5.97 Å². The molecule has 0 fully saturated rings. The summed E-state index contributed by atoms with van der Waals surface area (Å²) in [5.74, 6) is -2.56. The SMILES string of the molecule is C=C1/C=C\C(=O)N(C)CC(=O)NCC(=O)OCC(C)C(=O)N1. The Morgan fingerprint density at radius 2 is 1.95 bits per heavy atom. The first-order chi connectivity index (χ1) is 10.3. The van der Waals surface area contributed by atoms with Gasteiger partial charge in [0, 0.05) is 18.8 Å². The van der Waals surface area contributed by atoms with Crippen LogP contribution in [0.1, 0.15) is 6.92 Å². The summed E-state index contributed by atoms with van der Waals surface area (Å²) in [6.45, 7) is 4.54. The molecule has 2 N–H and O–H groups in total. The molecule has 1 heterocycles. The van der Waals surface area contributed by atoms with Crippen LogP contribution >= 0.6 is 0 Å². The minimum absolute atomic E-state index is 0.115. The molecule has 0 aromatic heterocycles. The number of nitrogens with one attached hydrogen (secondary N) is 2. The molecule has 0 aliphatic carbocycles. The molecule has 8 heteroatoms. The molecule has 0 bridgehead atoms. The Morgan fingerprint density at radius 3 is 2.64 bits per heavy atom. The van der Waals surface area contributed by atoms with Gasteiger partial charge in [0.15, 0.2) is 0 Å². The van der Waals surface area contributed by atoms with Crippen LogP contribution in [-0.2, 0) is 23.9 Å². The largest absolute Gasteiger partial charge is 0.464 e. The van der Waals surface area contributed by atoms with Gasteiger partial charge < -0.3 is 20.3 Å². The Kier molecular flexibility index (Phi) is 6.30. The standard InChI is InChI=1S/C14H19N3O5/c1-9-8-22-13(20)6-15-11(18)7-17(3)12(19)5-4-10(2)16-14(9)21/h4-5,9H,2,6-8H2,1,3H3,(H,15,18)(H,16,21)/b5-4-. The normalized spacial score (nSPS) is 23.8. The fourth-order valence-corrected chi connectivity index (χ4v) is 1.49. The van der Waals surface area contributed by atoms with Gasteiger partial charge in [-0.05, 0) is 6.08 Å². The maximum absolute atomic E-state index is 11.8. The van der Waals surface area contributed by atoms with Gasteiger partial charge in [0.2, 0.25) is 17.7 Å². The van der Waals surface area contributed by atoms with Crippen molar-refractivity contribution in [3.63, 3.8) is 0 Å². The average Bonchev–Trinajstić information content (AvgIpc) is 2.47. The Labute approximate surface area is 128 Å². The number of likely N-dealkylation sites (N-methyl/N-ethyl adjacent to an activating group) is 1. The van der Waals surface area contributed by atoms with E-state index in [1.807, 2.05) is 0 Å². The Bertz CT molecular complexity index is 527. The molecule has 3 amide bonds. The number of hydrogen-bond acceptors (Lipinski definition) is 5. The summed E-state index contributed by atoms with van der Waals surface area (Å²) in [7, 11) is 1.44. The lowest BCUT2D eigenvalue weighted by Crippen LogP contribution is -2.40. The minimum atomic E-state index is -0.659. The number of cyclic esters (lactones) is 1. The molecule has 0 saturated heterocycles. The van der Waals surface area contributed by atoms with Crippen molar-refractivity contribution in [3.8, 4) is 0 Å². The zero-order chi connectivity index (χ0) is 16.7. The summed E-state index contributed by atoms with van der Waals surface area (Å²) < 4.78 is 4.89. The molecule has 1 unspecified atom stereocenters. The van der Waals surface area contributed by atoms with Crippen molar-refractivity contribution in [1.29, 1.82) is 0 Å². The molecular formula is C14H19N3O5. The molecule has 0 aromatic carbocycles. The van der Waals surface area contributed by atoms with Crippen LogP contribution in [0.5, 0.6) is 0 Å². The molecule has 22 heavy (non-hydrogen) atoms. The Morgan fingerprint density at radius 1 is 1.27 bits per heavy atom. The van der Waals surface area contributed by atoms with Crippen molar-refractivity contribution < 1.29 is 23.9 Å². The highest BCUT2D eigenvalue weighted by Crippen LogP contribution is 2.00. The van der Waals surface area contributed by atoms with Gasteiger partial charge in [-0.2, -0.15) is 0 Å². The molecule has 0 aromatic rings. The fourth-order valence-electron chi connectivity index (χ4n) is 1.49. The van der Waals surface area contributed by atoms with Crippen LogP contribution in [0.15, 0.2) is 24.4 Å². The summed E-state index contributed by atoms with van der Waals surface area (Å²) in [6.07, 6.45) is 2.54. The monoisotopic (exact) mass is 309 g/mol. The second-order valence-electron chi connectivity index (χ2n) is 4.90. The maximum Gasteiger partial charge on any atom is 0.325 e. The smallest absolute Gasteiger partial charge is 0.325 e. The Balaban J connectivity index is 2.83. The van der Waals surface area contributed by atoms with Gasteiger partial charge in [-0.1, -0.05) is 13.5 Å². The lowest BCUT2D eigenvalue weighted by molar-refractivity contribution is -0.146. The molecule has 8 nitrogen and oxygen atoms in total. The van der Waals surface area contributed by atoms with E-state index in [4.69, 9.17) is 4.74 Å². The van der Waals surface area contributed by atoms with Gasteiger partial charge in [0.1, 0.15) is 13.2 Å². The summed E-state index contributed by atoms with van der Waals surface area (Å²) in [6, 6.07) is 0. The second-order valence-corrected chi connectivity index (χ2v) is 4.90. The molecule has 1 rings (SSSR count). The molecule has 0 saturated carbocycles. The number of esters is 1. The zero-order valence-corrected chi connectivity index (χ0v) is 12.5. The number of allylic oxidation sites excluding steroid dienone is 1. The molecular weight excluding hydrogens is 290 g/mol. The molecule has 0 radical (unpaired) electrons. The third-order valence-corrected chi connectivity index (χ3v) is 2.84. The van der Waals surface area contributed by atoms with Crippen LogP contribution in [0, 0.1) is 5.92 Å². The maximum atomic E-state index is 11.8. The van der Waals surface area contributed by atoms with E-state index in [-0.39, 0.29) is 31.3 Å². The zero-order valence-electron chi connectivity index (χ0n) is 12.5. The van der Waals surface area contributed by atoms with E-state index in [9.17, 15) is 19.2 Å². The van der Waals surface area contributed by atoms with Gasteiger partial charge in [0.25, 0.3) is 0 Å². The minimum Gasteiger partial charge on any atom is -0.464 e. The number of carbonyl (C=O) groups is 4. The van der Waals surface area contributed by atoms with Gasteiger partial charge in [-0.3, -0.25) is 19.2 Å². The molecule has 1 aliphatic heterocycles. The lowest BCUT2D eigenvalue weighted by atomic mass is 10.2. The predicted octanol–water partition coefficient (Wildman–Crippen LogP) is -1.06. The number of carbonyl (C=O) groups excluding carboxylic acids is 4. The predicted molar refractivity (Wildman–Crippen MR) is 77.2 cm³/mol. The summed E-state index contributed by atoms with van der Waals surface area (Å²) in [5, 5.41) is 4.83. The van der Waals surface area contributed by atoms with E-state index in [0.717, 1.165) is 4.90 Å². The average molecular weight is 309 g/mol. The first-order valence-corrected chi connectivity index (χ1v) is 6.65. The first kappa shape index (κ1) is 17.4. The van der Waals surface area contributed by atoms with Crippen molar-refractivity contribution in [3.05, 3.63) is 24.4 Å². The van der Waals surface area contributed by atoms with Crippen molar-refractivity contribution in [2.75, 3.05) is 26.7 Å². The van der Waals surface area contributed by atoms with Crippen molar-refractivity contribution >= 4 is 23.7 Å². The van der Waals surface area contributed by atoms with E-state index >= 15 is 0 Å². The topological polar surface area (TPSA) is 105 Å². The number of rotatable bonds is 0. The highest BCUT2D eigenvalue weighted by atomic mass is 16.5. The summed E-state index contributed by atoms with van der Waals surface area (Å²) >= 11 is 0. The number of ether oxygens (including phenoxy) is 1. The van der Waals surface area contributed by atoms with E-state index < -0.39 is 23.7 Å². The first-order valence-electron chi connectivity index (χ1n) is 6.65. The van der Waals surface area contributed by atoms with Gasteiger partial charge in [0.05, 0.1) is 12.5 Å². The second kappa shape index (κ2) is 7.96. The molecule has 1 aliphatic rings. The van der Waals surface area contributed by atoms with Crippen molar-refractivity contribution in [1.82, 2.24) is 15.5 Å². The molecule has 0 spiro atoms. The summed E-state index contributed by atoms with van der Waals surface area (Å²) in [4.78, 5) is 47.8. The number of nitrogens with zero attached hydrogens (tertiary/aromatic N) is 1. The highest BCUT2D eigenvalue weighted by Gasteiger charge is 2.17. The van der Waals surface area contributed by atoms with Crippen LogP contribution in [0.4, 0.5) is 0 Å². The van der Waals surface area contributed by atoms with Crippen LogP contribution in [0.3, 0.4) is 0 Å². The van der Waals surface area contributed by atoms with Crippen LogP contribution in [0.25, 0.3) is 0 Å². The van der Waals surface area contributed by atoms with Crippen molar-refractivity contribution in [2.24, 2.45) is 5.92 Å². The van der Waals surface area contributed by atoms with Crippen LogP contribution in [0.2, 0.25) is 0 Å². The van der Waals surface area contributed by atoms with E-state index in [1.165, 1.54) is 19.2 Å². The van der Waals surface area contributed by atoms with E-state index in [0.29, 0.717) is 0 Å². The Hall–Kier alpha value is -2.64. The number of hydrogen-bond donors (Lipinski definition) is 2. The highest BCUT2D eigenvalue weighted by molar-refractivity contribution is 5.92.